The van der Waals surface area contributed by atoms with E-state index in [0.29, 0.717) is 33.7 Å². The first kappa shape index (κ1) is 32.1. The minimum absolute atomic E-state index is 0.00393. The second kappa shape index (κ2) is 11.9. The van der Waals surface area contributed by atoms with Crippen LogP contribution in [-0.2, 0) is 36.1 Å². The zero-order chi connectivity index (χ0) is 34.9. The number of hydrogen-bond acceptors (Lipinski definition) is 10. The average Bonchev–Trinajstić information content (AvgIpc) is 3.35. The molecule has 2 aliphatic carbocycles. The van der Waals surface area contributed by atoms with Crippen LogP contribution < -0.4 is 31.1 Å². The number of ether oxygens (including phenoxy) is 3. The van der Waals surface area contributed by atoms with E-state index < -0.39 is 40.5 Å². The zero-order valence-electron chi connectivity index (χ0n) is 26.9. The van der Waals surface area contributed by atoms with Crippen molar-refractivity contribution in [2.45, 2.75) is 37.9 Å². The Morgan fingerprint density at radius 2 is 1.69 bits per heavy atom. The Kier molecular flexibility index (Phi) is 7.81. The smallest absolute Gasteiger partial charge is 0.347 e. The van der Waals surface area contributed by atoms with Crippen LogP contribution in [0.3, 0.4) is 0 Å². The summed E-state index contributed by atoms with van der Waals surface area (Å²) in [5, 5.41) is 11.2. The van der Waals surface area contributed by atoms with Crippen molar-refractivity contribution in [3.05, 3.63) is 106 Å². The van der Waals surface area contributed by atoms with Crippen molar-refractivity contribution < 1.29 is 28.9 Å². The second-order valence-electron chi connectivity index (χ2n) is 11.8. The number of nitrogens with zero attached hydrogens (tertiary/aromatic N) is 5. The van der Waals surface area contributed by atoms with Crippen molar-refractivity contribution in [2.75, 3.05) is 21.3 Å². The molecule has 1 aliphatic heterocycles. The number of aromatic hydroxyl groups is 1. The number of allylic oxidation sites excluding steroid dienone is 6. The maximum absolute atomic E-state index is 14.1. The van der Waals surface area contributed by atoms with Crippen LogP contribution in [0.25, 0.3) is 11.0 Å². The molecule has 0 amide bonds. The lowest BCUT2D eigenvalue weighted by atomic mass is 9.68. The number of hydrogen-bond donors (Lipinski definition) is 1. The zero-order valence-corrected chi connectivity index (χ0v) is 28.4. The van der Waals surface area contributed by atoms with Gasteiger partial charge in [0.1, 0.15) is 5.69 Å². The molecule has 0 bridgehead atoms. The summed E-state index contributed by atoms with van der Waals surface area (Å²) in [6, 6.07) is 7.35. The number of rotatable bonds is 7. The molecule has 4 aromatic rings. The number of para-hydroxylation sites is 1. The van der Waals surface area contributed by atoms with Crippen molar-refractivity contribution in [3.8, 4) is 23.0 Å². The second-order valence-corrected chi connectivity index (χ2v) is 12.7. The Morgan fingerprint density at radius 3 is 2.41 bits per heavy atom. The molecule has 0 saturated heterocycles. The van der Waals surface area contributed by atoms with Gasteiger partial charge in [0.2, 0.25) is 0 Å². The summed E-state index contributed by atoms with van der Waals surface area (Å²) in [6.07, 6.45) is 2.92. The van der Waals surface area contributed by atoms with E-state index in [0.717, 1.165) is 4.57 Å². The van der Waals surface area contributed by atoms with Crippen LogP contribution in [0.15, 0.2) is 78.1 Å². The lowest BCUT2D eigenvalue weighted by Crippen LogP contribution is -2.40. The fourth-order valence-corrected chi connectivity index (χ4v) is 7.55. The first-order valence-electron chi connectivity index (χ1n) is 15.3. The predicted octanol–water partition coefficient (Wildman–Crippen LogP) is 2.43. The highest BCUT2D eigenvalue weighted by atomic mass is 79.9. The van der Waals surface area contributed by atoms with Crippen molar-refractivity contribution in [1.82, 2.24) is 23.5 Å². The van der Waals surface area contributed by atoms with Gasteiger partial charge in [0.15, 0.2) is 34.6 Å². The van der Waals surface area contributed by atoms with Gasteiger partial charge in [-0.1, -0.05) is 18.2 Å². The number of ketones is 2. The van der Waals surface area contributed by atoms with E-state index in [1.54, 1.807) is 43.5 Å². The Labute approximate surface area is 285 Å². The van der Waals surface area contributed by atoms with Gasteiger partial charge in [0.05, 0.1) is 49.4 Å². The summed E-state index contributed by atoms with van der Waals surface area (Å²) in [5.74, 6) is -0.874. The summed E-state index contributed by atoms with van der Waals surface area (Å²) in [4.78, 5) is 72.6. The Morgan fingerprint density at radius 1 is 0.980 bits per heavy atom. The van der Waals surface area contributed by atoms with Crippen LogP contribution in [0.1, 0.15) is 29.6 Å². The van der Waals surface area contributed by atoms with E-state index in [1.165, 1.54) is 41.3 Å². The largest absolute Gasteiger partial charge is 0.504 e. The lowest BCUT2D eigenvalue weighted by Gasteiger charge is -2.39. The van der Waals surface area contributed by atoms with Crippen LogP contribution in [0, 0.1) is 0 Å². The number of carbonyl (C=O) groups excluding carboxylic acids is 2. The minimum atomic E-state index is -0.892. The molecule has 3 heterocycles. The molecule has 2 aromatic carbocycles. The number of methoxy groups -OCH3 is 3. The van der Waals surface area contributed by atoms with Gasteiger partial charge < -0.3 is 23.9 Å². The highest BCUT2D eigenvalue weighted by Gasteiger charge is 2.46. The molecule has 0 fully saturated rings. The summed E-state index contributed by atoms with van der Waals surface area (Å²) in [6.45, 7) is -0.149. The van der Waals surface area contributed by atoms with E-state index in [4.69, 9.17) is 14.2 Å². The van der Waals surface area contributed by atoms with Gasteiger partial charge in [-0.3, -0.25) is 14.4 Å². The maximum atomic E-state index is 14.1. The number of aromatic nitrogens is 5. The standard InChI is InChI=1S/C34H30BrN5O9/c1-37-23-15-27(49-4)26(48-3)14-21(23)36-20(32(37)44)9-10-38-33(45)39-11-8-16-22(40(39)34(38)46)12-18-29(24(41)13-19(35)30(18)42)28(16)17-6-5-7-25(47-2)31(17)43/h5-8,13-15,22,28,43H,9-12H2,1-4H3/t22-,28-/m1/s1. The fourth-order valence-electron chi connectivity index (χ4n) is 7.10. The molecular formula is C34H30BrN5O9. The molecule has 2 aromatic heterocycles. The van der Waals surface area contributed by atoms with Crippen LogP contribution >= 0.6 is 15.9 Å². The summed E-state index contributed by atoms with van der Waals surface area (Å²) < 4.78 is 21.2. The Bertz CT molecular complexity index is 2410. The molecular weight excluding hydrogens is 702 g/mol. The third-order valence-corrected chi connectivity index (χ3v) is 10.0. The number of fused-ring (bicyclic) bond motifs is 4. The van der Waals surface area contributed by atoms with Crippen LogP contribution in [0.2, 0.25) is 0 Å². The van der Waals surface area contributed by atoms with Crippen molar-refractivity contribution in [3.63, 3.8) is 0 Å². The molecule has 252 valence electrons. The predicted molar refractivity (Wildman–Crippen MR) is 180 cm³/mol. The fraction of sp³-hybridized carbons (Fsp3) is 0.294. The summed E-state index contributed by atoms with van der Waals surface area (Å²) in [7, 11) is 5.98. The number of carbonyl (C=O) groups is 2. The van der Waals surface area contributed by atoms with Crippen LogP contribution in [0.4, 0.5) is 0 Å². The van der Waals surface area contributed by atoms with Crippen molar-refractivity contribution in [2.24, 2.45) is 7.05 Å². The first-order chi connectivity index (χ1) is 23.5. The van der Waals surface area contributed by atoms with Gasteiger partial charge in [-0.25, -0.2) is 28.5 Å². The molecule has 0 radical (unpaired) electrons. The van der Waals surface area contributed by atoms with Gasteiger partial charge in [0, 0.05) is 67.3 Å². The average molecular weight is 733 g/mol. The van der Waals surface area contributed by atoms with Crippen LogP contribution in [-0.4, -0.2) is 61.5 Å². The highest BCUT2D eigenvalue weighted by Crippen LogP contribution is 2.52. The number of aryl methyl sites for hydroxylation is 2. The number of benzene rings is 2. The SMILES string of the molecule is COc1cc2nc(CCn3c(=O)n4n(c3=O)[C@@H]3CC5=C(C(=O)C=C(Br)C5=O)[C@@H](c5cccc(OC)c5O)C3=CC4)c(=O)n(C)c2cc1OC. The quantitative estimate of drug-likeness (QED) is 0.220. The Balaban J connectivity index is 1.31. The molecule has 1 N–H and O–H groups in total. The number of phenols is 1. The normalized spacial score (nSPS) is 18.5. The molecule has 7 rings (SSSR count). The summed E-state index contributed by atoms with van der Waals surface area (Å²) >= 11 is 3.20. The molecule has 14 nitrogen and oxygen atoms in total. The van der Waals surface area contributed by atoms with Gasteiger partial charge in [-0.15, -0.1) is 0 Å². The number of halogens is 1. The molecule has 2 atom stereocenters. The van der Waals surface area contributed by atoms with Crippen LogP contribution in [0.5, 0.6) is 23.0 Å². The Hall–Kier alpha value is -5.44. The topological polar surface area (TPSA) is 166 Å². The molecule has 3 aliphatic rings. The molecule has 0 spiro atoms. The third kappa shape index (κ3) is 4.82. The molecule has 49 heavy (non-hydrogen) atoms. The maximum Gasteiger partial charge on any atom is 0.347 e. The van der Waals surface area contributed by atoms with E-state index >= 15 is 0 Å². The van der Waals surface area contributed by atoms with Gasteiger partial charge >= 0.3 is 11.4 Å². The highest BCUT2D eigenvalue weighted by molar-refractivity contribution is 9.12. The molecule has 15 heteroatoms. The third-order valence-electron chi connectivity index (χ3n) is 9.46. The first-order valence-corrected chi connectivity index (χ1v) is 16.1. The van der Waals surface area contributed by atoms with Gasteiger partial charge in [0.25, 0.3) is 5.56 Å². The monoisotopic (exact) mass is 731 g/mol. The van der Waals surface area contributed by atoms with E-state index in [1.807, 2.05) is 0 Å². The van der Waals surface area contributed by atoms with E-state index in [2.05, 4.69) is 20.9 Å². The summed E-state index contributed by atoms with van der Waals surface area (Å²) in [5.41, 5.74) is 0.784. The van der Waals surface area contributed by atoms with Gasteiger partial charge in [-0.2, -0.15) is 0 Å². The minimum Gasteiger partial charge on any atom is -0.504 e. The number of phenolic OH excluding ortho intramolecular Hbond substituents is 1. The van der Waals surface area contributed by atoms with E-state index in [9.17, 15) is 29.1 Å². The number of Topliss-reactive ketones (excluding diaryl/α,β-unsaturated/α-hetero) is 1. The van der Waals surface area contributed by atoms with Gasteiger partial charge in [-0.05, 0) is 27.6 Å². The van der Waals surface area contributed by atoms with Crippen molar-refractivity contribution in [1.29, 1.82) is 0 Å². The van der Waals surface area contributed by atoms with E-state index in [-0.39, 0.29) is 58.8 Å². The molecule has 0 saturated carbocycles. The molecule has 0 unspecified atom stereocenters. The van der Waals surface area contributed by atoms with Crippen molar-refractivity contribution >= 4 is 38.5 Å². The lowest BCUT2D eigenvalue weighted by molar-refractivity contribution is -0.115.